The molecule has 5 heterocycles. The zero-order chi connectivity index (χ0) is 24.8. The van der Waals surface area contributed by atoms with E-state index in [0.29, 0.717) is 56.5 Å². The van der Waals surface area contributed by atoms with Crippen LogP contribution < -0.4 is 10.2 Å². The van der Waals surface area contributed by atoms with E-state index in [9.17, 15) is 4.79 Å². The van der Waals surface area contributed by atoms with Gasteiger partial charge in [-0.1, -0.05) is 29.4 Å². The highest BCUT2D eigenvalue weighted by molar-refractivity contribution is 5.78. The third-order valence-electron chi connectivity index (χ3n) is 7.36. The first kappa shape index (κ1) is 21.9. The summed E-state index contributed by atoms with van der Waals surface area (Å²) in [6.07, 6.45) is 5.37. The maximum Gasteiger partial charge on any atom is 0.318 e. The van der Waals surface area contributed by atoms with Crippen molar-refractivity contribution in [2.75, 3.05) is 23.3 Å². The van der Waals surface area contributed by atoms with E-state index in [-0.39, 0.29) is 12.3 Å². The summed E-state index contributed by atoms with van der Waals surface area (Å²) in [6, 6.07) is 9.30. The number of amides is 1. The van der Waals surface area contributed by atoms with Gasteiger partial charge < -0.3 is 19.5 Å². The van der Waals surface area contributed by atoms with Crippen molar-refractivity contribution < 1.29 is 9.21 Å². The van der Waals surface area contributed by atoms with Crippen LogP contribution in [0.5, 0.6) is 0 Å². The molecular weight excluding hydrogens is 472 g/mol. The second-order valence-electron chi connectivity index (χ2n) is 9.79. The van der Waals surface area contributed by atoms with Crippen LogP contribution >= 0.6 is 0 Å². The number of nitrogens with one attached hydrogen (secondary N) is 2. The molecule has 0 unspecified atom stereocenters. The average Bonchev–Trinajstić information content (AvgIpc) is 3.67. The lowest BCUT2D eigenvalue weighted by molar-refractivity contribution is -0.131. The van der Waals surface area contributed by atoms with E-state index in [1.807, 2.05) is 11.1 Å². The molecule has 0 bridgehead atoms. The summed E-state index contributed by atoms with van der Waals surface area (Å²) in [7, 11) is 0. The number of carbonyl (C=O) groups is 1. The molecule has 0 radical (unpaired) electrons. The molecule has 0 saturated heterocycles. The van der Waals surface area contributed by atoms with E-state index in [2.05, 4.69) is 60.2 Å². The molecule has 37 heavy (non-hydrogen) atoms. The molecule has 3 aliphatic rings. The van der Waals surface area contributed by atoms with E-state index < -0.39 is 0 Å². The van der Waals surface area contributed by atoms with E-state index in [1.165, 1.54) is 11.1 Å². The van der Waals surface area contributed by atoms with Gasteiger partial charge in [0.2, 0.25) is 17.7 Å². The Morgan fingerprint density at radius 1 is 1.00 bits per heavy atom. The Labute approximate surface area is 212 Å². The molecule has 1 amide bonds. The number of H-pyrrole nitrogens is 1. The lowest BCUT2D eigenvalue weighted by Crippen LogP contribution is -2.37. The lowest BCUT2D eigenvalue weighted by atomic mass is 10.1. The largest absolute Gasteiger partial charge is 0.407 e. The molecule has 12 nitrogen and oxygen atoms in total. The van der Waals surface area contributed by atoms with Crippen molar-refractivity contribution in [3.63, 3.8) is 0 Å². The van der Waals surface area contributed by atoms with Gasteiger partial charge in [0.25, 0.3) is 0 Å². The molecule has 0 fully saturated rings. The molecule has 1 aromatic carbocycles. The molecule has 0 atom stereocenters. The number of fused-ring (bicyclic) bond motifs is 3. The fourth-order valence-corrected chi connectivity index (χ4v) is 5.39. The number of hydrogen-bond acceptors (Lipinski definition) is 10. The number of carbonyl (C=O) groups excluding carboxylic acids is 1. The minimum Gasteiger partial charge on any atom is -0.407 e. The number of benzene rings is 1. The summed E-state index contributed by atoms with van der Waals surface area (Å²) in [4.78, 5) is 25.9. The Kier molecular flexibility index (Phi) is 5.29. The average molecular weight is 499 g/mol. The third kappa shape index (κ3) is 4.28. The van der Waals surface area contributed by atoms with Crippen LogP contribution in [0.3, 0.4) is 0 Å². The minimum atomic E-state index is -0.0633. The first-order valence-electron chi connectivity index (χ1n) is 12.6. The van der Waals surface area contributed by atoms with Crippen molar-refractivity contribution in [2.24, 2.45) is 0 Å². The summed E-state index contributed by atoms with van der Waals surface area (Å²) in [5, 5.41) is 22.7. The predicted octanol–water partition coefficient (Wildman–Crippen LogP) is 1.25. The summed E-state index contributed by atoms with van der Waals surface area (Å²) in [5.41, 5.74) is 6.61. The van der Waals surface area contributed by atoms with Crippen molar-refractivity contribution in [1.29, 1.82) is 0 Å². The number of rotatable bonds is 5. The van der Waals surface area contributed by atoms with Crippen LogP contribution in [0.2, 0.25) is 0 Å². The fourth-order valence-electron chi connectivity index (χ4n) is 5.39. The van der Waals surface area contributed by atoms with Crippen LogP contribution in [0.15, 0.2) is 34.9 Å². The summed E-state index contributed by atoms with van der Waals surface area (Å²) in [6.45, 7) is 2.34. The van der Waals surface area contributed by atoms with Crippen molar-refractivity contribution in [1.82, 2.24) is 40.5 Å². The molecule has 4 aromatic rings. The van der Waals surface area contributed by atoms with Crippen LogP contribution in [0.1, 0.15) is 39.7 Å². The number of anilines is 2. The van der Waals surface area contributed by atoms with Gasteiger partial charge in [-0.15, -0.1) is 5.10 Å². The van der Waals surface area contributed by atoms with Gasteiger partial charge in [-0.3, -0.25) is 4.79 Å². The molecule has 0 saturated carbocycles. The second-order valence-corrected chi connectivity index (χ2v) is 9.79. The van der Waals surface area contributed by atoms with Gasteiger partial charge in [0.05, 0.1) is 24.5 Å². The van der Waals surface area contributed by atoms with Crippen LogP contribution in [0, 0.1) is 0 Å². The quantitative estimate of drug-likeness (QED) is 0.413. The van der Waals surface area contributed by atoms with E-state index in [1.54, 1.807) is 4.90 Å². The number of hydrogen-bond donors (Lipinski definition) is 2. The maximum absolute atomic E-state index is 12.8. The van der Waals surface area contributed by atoms with Gasteiger partial charge in [0.15, 0.2) is 0 Å². The normalized spacial score (nSPS) is 16.9. The standard InChI is InChI=1S/C25H26N10O2/c36-23(34-7-6-20-21(14-34)30-33-29-20)11-22-31-32-25(37-22)35-8-5-19-17(13-35)12-26-24(28-19)27-18-9-15-3-1-2-4-16(15)10-18/h1-4,12,18H,5-11,13-14H2,(H,26,27,28)(H,29,30,33). The third-order valence-corrected chi connectivity index (χ3v) is 7.36. The van der Waals surface area contributed by atoms with Gasteiger partial charge in [0.1, 0.15) is 12.1 Å². The summed E-state index contributed by atoms with van der Waals surface area (Å²) < 4.78 is 5.87. The lowest BCUT2D eigenvalue weighted by Gasteiger charge is -2.26. The van der Waals surface area contributed by atoms with E-state index in [4.69, 9.17) is 9.40 Å². The molecule has 2 aliphatic heterocycles. The Balaban J connectivity index is 0.968. The van der Waals surface area contributed by atoms with E-state index in [0.717, 1.165) is 41.9 Å². The molecule has 2 N–H and O–H groups in total. The fraction of sp³-hybridized carbons (Fsp3) is 0.400. The van der Waals surface area contributed by atoms with Crippen molar-refractivity contribution in [2.45, 2.75) is 51.2 Å². The van der Waals surface area contributed by atoms with Crippen molar-refractivity contribution >= 4 is 17.9 Å². The number of aromatic amines is 1. The topological polar surface area (TPSA) is 142 Å². The Bertz CT molecular complexity index is 1440. The highest BCUT2D eigenvalue weighted by Gasteiger charge is 2.27. The maximum atomic E-state index is 12.8. The smallest absolute Gasteiger partial charge is 0.318 e. The number of nitrogens with zero attached hydrogens (tertiary/aromatic N) is 8. The highest BCUT2D eigenvalue weighted by Crippen LogP contribution is 2.26. The zero-order valence-corrected chi connectivity index (χ0v) is 20.2. The van der Waals surface area contributed by atoms with E-state index >= 15 is 0 Å². The van der Waals surface area contributed by atoms with Gasteiger partial charge in [-0.2, -0.15) is 15.4 Å². The summed E-state index contributed by atoms with van der Waals surface area (Å²) >= 11 is 0. The summed E-state index contributed by atoms with van der Waals surface area (Å²) in [5.74, 6) is 0.927. The molecule has 188 valence electrons. The second kappa shape index (κ2) is 8.95. The van der Waals surface area contributed by atoms with Gasteiger partial charge in [-0.05, 0) is 24.0 Å². The molecule has 12 heteroatoms. The zero-order valence-electron chi connectivity index (χ0n) is 20.2. The molecule has 7 rings (SSSR count). The van der Waals surface area contributed by atoms with Crippen LogP contribution in [0.25, 0.3) is 0 Å². The molecule has 3 aromatic heterocycles. The first-order chi connectivity index (χ1) is 18.2. The predicted molar refractivity (Wildman–Crippen MR) is 132 cm³/mol. The van der Waals surface area contributed by atoms with Crippen LogP contribution in [0.4, 0.5) is 12.0 Å². The first-order valence-corrected chi connectivity index (χ1v) is 12.6. The van der Waals surface area contributed by atoms with Gasteiger partial charge in [0, 0.05) is 43.7 Å². The Hall–Kier alpha value is -4.35. The van der Waals surface area contributed by atoms with Gasteiger partial charge in [-0.25, -0.2) is 9.97 Å². The highest BCUT2D eigenvalue weighted by atomic mass is 16.4. The van der Waals surface area contributed by atoms with Gasteiger partial charge >= 0.3 is 6.01 Å². The van der Waals surface area contributed by atoms with Crippen LogP contribution in [-0.2, 0) is 50.0 Å². The minimum absolute atomic E-state index is 0.0633. The molecule has 0 spiro atoms. The van der Waals surface area contributed by atoms with Crippen LogP contribution in [-0.4, -0.2) is 65.5 Å². The Morgan fingerprint density at radius 2 is 1.81 bits per heavy atom. The monoisotopic (exact) mass is 498 g/mol. The molecular formula is C25H26N10O2. The number of aromatic nitrogens is 7. The van der Waals surface area contributed by atoms with Crippen molar-refractivity contribution in [3.8, 4) is 0 Å². The SMILES string of the molecule is O=C(Cc1nnc(N2CCc3nc(NC4Cc5ccccc5C4)ncc3C2)o1)N1CCc2n[nH]nc2C1. The molecule has 1 aliphatic carbocycles. The Morgan fingerprint density at radius 3 is 2.68 bits per heavy atom. The van der Waals surface area contributed by atoms with Crippen molar-refractivity contribution in [3.05, 3.63) is 70.1 Å².